The van der Waals surface area contributed by atoms with Gasteiger partial charge in [0.25, 0.3) is 0 Å². The second kappa shape index (κ2) is 8.91. The molecule has 0 bridgehead atoms. The zero-order valence-corrected chi connectivity index (χ0v) is 19.2. The topological polar surface area (TPSA) is 93.9 Å². The highest BCUT2D eigenvalue weighted by Gasteiger charge is 2.24. The van der Waals surface area contributed by atoms with Gasteiger partial charge in [-0.1, -0.05) is 11.6 Å². The number of methoxy groups -OCH3 is 2. The second-order valence-electron chi connectivity index (χ2n) is 7.54. The van der Waals surface area contributed by atoms with Crippen LogP contribution < -0.4 is 25.4 Å². The number of nitrogens with zero attached hydrogens (tertiary/aromatic N) is 1. The van der Waals surface area contributed by atoms with E-state index in [0.29, 0.717) is 22.2 Å². The number of anilines is 2. The van der Waals surface area contributed by atoms with Gasteiger partial charge in [0.05, 0.1) is 30.8 Å². The lowest BCUT2D eigenvalue weighted by molar-refractivity contribution is 0.350. The standard InChI is InChI=1S/C21H28ClN3O4S/c1-13(17-9-14(22)10-19(28-2)21(17)29-3)24-18-11-16(25-8-7-15(23)12-25)5-6-20(18)30(4,26)27/h5-6,9-11,13,15,24H,7-8,12,23H2,1-4H3/t13?,15-/m0/s1. The zero-order chi connectivity index (χ0) is 22.1. The van der Waals surface area contributed by atoms with Crippen molar-refractivity contribution < 1.29 is 17.9 Å². The molecule has 1 aliphatic rings. The molecule has 9 heteroatoms. The van der Waals surface area contributed by atoms with Crippen LogP contribution >= 0.6 is 11.6 Å². The van der Waals surface area contributed by atoms with Gasteiger partial charge in [-0.15, -0.1) is 0 Å². The summed E-state index contributed by atoms with van der Waals surface area (Å²) in [5.74, 6) is 1.06. The van der Waals surface area contributed by atoms with E-state index in [4.69, 9.17) is 26.8 Å². The molecule has 0 radical (unpaired) electrons. The lowest BCUT2D eigenvalue weighted by atomic mass is 10.1. The van der Waals surface area contributed by atoms with E-state index < -0.39 is 9.84 Å². The van der Waals surface area contributed by atoms with Crippen molar-refractivity contribution in [1.29, 1.82) is 0 Å². The molecule has 164 valence electrons. The number of hydrogen-bond donors (Lipinski definition) is 2. The first kappa shape index (κ1) is 22.5. The zero-order valence-electron chi connectivity index (χ0n) is 17.6. The quantitative estimate of drug-likeness (QED) is 0.662. The summed E-state index contributed by atoms with van der Waals surface area (Å²) in [4.78, 5) is 2.39. The summed E-state index contributed by atoms with van der Waals surface area (Å²) in [6.07, 6.45) is 2.11. The normalized spacial score (nSPS) is 17.7. The fourth-order valence-electron chi connectivity index (χ4n) is 3.76. The van der Waals surface area contributed by atoms with E-state index in [1.807, 2.05) is 19.1 Å². The average molecular weight is 454 g/mol. The van der Waals surface area contributed by atoms with Crippen molar-refractivity contribution >= 4 is 32.8 Å². The highest BCUT2D eigenvalue weighted by Crippen LogP contribution is 2.40. The van der Waals surface area contributed by atoms with Gasteiger partial charge in [-0.3, -0.25) is 0 Å². The predicted octanol–water partition coefficient (Wildman–Crippen LogP) is 3.47. The molecular formula is C21H28ClN3O4S. The number of ether oxygens (including phenoxy) is 2. The molecular weight excluding hydrogens is 426 g/mol. The van der Waals surface area contributed by atoms with Crippen LogP contribution in [0.4, 0.5) is 11.4 Å². The summed E-state index contributed by atoms with van der Waals surface area (Å²) in [5, 5.41) is 3.83. The van der Waals surface area contributed by atoms with Crippen LogP contribution in [0.2, 0.25) is 5.02 Å². The summed E-state index contributed by atoms with van der Waals surface area (Å²) < 4.78 is 35.7. The molecule has 0 aliphatic carbocycles. The third kappa shape index (κ3) is 4.77. The van der Waals surface area contributed by atoms with Crippen molar-refractivity contribution in [3.8, 4) is 11.5 Å². The van der Waals surface area contributed by atoms with Crippen LogP contribution in [0, 0.1) is 0 Å². The van der Waals surface area contributed by atoms with Crippen LogP contribution in [0.15, 0.2) is 35.2 Å². The first-order valence-corrected chi connectivity index (χ1v) is 11.9. The van der Waals surface area contributed by atoms with E-state index in [1.54, 1.807) is 32.4 Å². The van der Waals surface area contributed by atoms with Crippen molar-refractivity contribution in [3.05, 3.63) is 40.9 Å². The average Bonchev–Trinajstić information content (AvgIpc) is 3.12. The van der Waals surface area contributed by atoms with Gasteiger partial charge in [0.2, 0.25) is 0 Å². The van der Waals surface area contributed by atoms with Crippen LogP contribution in [0.1, 0.15) is 24.9 Å². The van der Waals surface area contributed by atoms with Gasteiger partial charge in [0.1, 0.15) is 0 Å². The summed E-state index contributed by atoms with van der Waals surface area (Å²) in [6, 6.07) is 8.60. The molecule has 7 nitrogen and oxygen atoms in total. The molecule has 0 amide bonds. The molecule has 0 aromatic heterocycles. The van der Waals surface area contributed by atoms with E-state index >= 15 is 0 Å². The molecule has 3 rings (SSSR count). The number of nitrogens with two attached hydrogens (primary N) is 1. The van der Waals surface area contributed by atoms with Gasteiger partial charge < -0.3 is 25.4 Å². The Labute approximate surface area is 183 Å². The van der Waals surface area contributed by atoms with Crippen molar-refractivity contribution in [2.45, 2.75) is 30.3 Å². The smallest absolute Gasteiger partial charge is 0.177 e. The van der Waals surface area contributed by atoms with Gasteiger partial charge in [-0.2, -0.15) is 0 Å². The first-order valence-electron chi connectivity index (χ1n) is 9.66. The number of hydrogen-bond acceptors (Lipinski definition) is 7. The lowest BCUT2D eigenvalue weighted by Crippen LogP contribution is -2.26. The van der Waals surface area contributed by atoms with Crippen LogP contribution in [0.5, 0.6) is 11.5 Å². The molecule has 2 atom stereocenters. The van der Waals surface area contributed by atoms with E-state index in [2.05, 4.69) is 10.2 Å². The first-order chi connectivity index (χ1) is 14.1. The summed E-state index contributed by atoms with van der Waals surface area (Å²) in [7, 11) is -0.336. The Morgan fingerprint density at radius 3 is 2.53 bits per heavy atom. The number of benzene rings is 2. The summed E-state index contributed by atoms with van der Waals surface area (Å²) in [6.45, 7) is 3.50. The monoisotopic (exact) mass is 453 g/mol. The maximum atomic E-state index is 12.4. The molecule has 1 aliphatic heterocycles. The van der Waals surface area contributed by atoms with E-state index in [0.717, 1.165) is 30.8 Å². The van der Waals surface area contributed by atoms with Gasteiger partial charge >= 0.3 is 0 Å². The number of sulfone groups is 1. The third-order valence-corrected chi connectivity index (χ3v) is 6.64. The van der Waals surface area contributed by atoms with Crippen LogP contribution in [0.3, 0.4) is 0 Å². The molecule has 1 fully saturated rings. The Kier molecular flexibility index (Phi) is 6.69. The van der Waals surface area contributed by atoms with Crippen LogP contribution in [-0.2, 0) is 9.84 Å². The molecule has 1 unspecified atom stereocenters. The summed E-state index contributed by atoms with van der Waals surface area (Å²) in [5.41, 5.74) is 8.25. The minimum Gasteiger partial charge on any atom is -0.493 e. The SMILES string of the molecule is COc1cc(Cl)cc(C(C)Nc2cc(N3CC[C@H](N)C3)ccc2S(C)(=O)=O)c1OC. The highest BCUT2D eigenvalue weighted by atomic mass is 35.5. The molecule has 0 saturated carbocycles. The predicted molar refractivity (Wildman–Crippen MR) is 121 cm³/mol. The lowest BCUT2D eigenvalue weighted by Gasteiger charge is -2.24. The van der Waals surface area contributed by atoms with E-state index in [-0.39, 0.29) is 17.0 Å². The van der Waals surface area contributed by atoms with Crippen LogP contribution in [-0.4, -0.2) is 48.0 Å². The Morgan fingerprint density at radius 2 is 1.97 bits per heavy atom. The minimum absolute atomic E-state index is 0.123. The maximum Gasteiger partial charge on any atom is 0.177 e. The molecule has 2 aromatic rings. The molecule has 0 spiro atoms. The second-order valence-corrected chi connectivity index (χ2v) is 9.96. The highest BCUT2D eigenvalue weighted by molar-refractivity contribution is 7.90. The third-order valence-electron chi connectivity index (χ3n) is 5.26. The Balaban J connectivity index is 2.01. The molecule has 1 saturated heterocycles. The maximum absolute atomic E-state index is 12.4. The number of halogens is 1. The largest absolute Gasteiger partial charge is 0.493 e. The van der Waals surface area contributed by atoms with E-state index in [9.17, 15) is 8.42 Å². The Hall–Kier alpha value is -2.16. The fourth-order valence-corrected chi connectivity index (χ4v) is 4.81. The van der Waals surface area contributed by atoms with Gasteiger partial charge in [0, 0.05) is 47.7 Å². The number of rotatable bonds is 7. The minimum atomic E-state index is -3.44. The van der Waals surface area contributed by atoms with Crippen molar-refractivity contribution in [1.82, 2.24) is 0 Å². The molecule has 30 heavy (non-hydrogen) atoms. The number of nitrogens with one attached hydrogen (secondary N) is 1. The Bertz CT molecular complexity index is 1030. The Morgan fingerprint density at radius 1 is 1.23 bits per heavy atom. The summed E-state index contributed by atoms with van der Waals surface area (Å²) >= 11 is 6.26. The molecule has 3 N–H and O–H groups in total. The van der Waals surface area contributed by atoms with Crippen LogP contribution in [0.25, 0.3) is 0 Å². The van der Waals surface area contributed by atoms with Crippen molar-refractivity contribution in [2.24, 2.45) is 5.73 Å². The van der Waals surface area contributed by atoms with Crippen molar-refractivity contribution in [2.75, 3.05) is 43.8 Å². The fraction of sp³-hybridized carbons (Fsp3) is 0.429. The van der Waals surface area contributed by atoms with E-state index in [1.165, 1.54) is 6.26 Å². The van der Waals surface area contributed by atoms with Crippen molar-refractivity contribution in [3.63, 3.8) is 0 Å². The van der Waals surface area contributed by atoms with Gasteiger partial charge in [-0.05, 0) is 37.6 Å². The molecule has 1 heterocycles. The van der Waals surface area contributed by atoms with Gasteiger partial charge in [0.15, 0.2) is 21.3 Å². The molecule has 2 aromatic carbocycles. The van der Waals surface area contributed by atoms with Gasteiger partial charge in [-0.25, -0.2) is 8.42 Å².